The van der Waals surface area contributed by atoms with E-state index in [4.69, 9.17) is 46.4 Å². The number of hydrogen-bond donors (Lipinski definition) is 1. The Bertz CT molecular complexity index is 1530. The lowest BCUT2D eigenvalue weighted by Crippen LogP contribution is -2.47. The first-order valence-corrected chi connectivity index (χ1v) is 19.4. The molecule has 0 atom stereocenters. The molecule has 0 radical (unpaired) electrons. The van der Waals surface area contributed by atoms with Gasteiger partial charge in [0, 0.05) is 36.0 Å². The van der Waals surface area contributed by atoms with Crippen LogP contribution in [-0.4, -0.2) is 52.3 Å². The molecule has 4 aromatic rings. The summed E-state index contributed by atoms with van der Waals surface area (Å²) in [6.07, 6.45) is 13.1. The van der Waals surface area contributed by atoms with E-state index >= 15 is 0 Å². The second-order valence-corrected chi connectivity index (χ2v) is 15.5. The fourth-order valence-electron chi connectivity index (χ4n) is 8.11. The molecule has 0 bridgehead atoms. The monoisotopic (exact) mass is 748 g/mol. The Hall–Kier alpha value is -2.23. The number of fused-ring (bicyclic) bond motifs is 2. The van der Waals surface area contributed by atoms with Gasteiger partial charge in [0.05, 0.1) is 22.3 Å². The molecule has 12 heteroatoms. The minimum atomic E-state index is -0.757. The molecule has 2 saturated carbocycles. The summed E-state index contributed by atoms with van der Waals surface area (Å²) < 4.78 is 18.4. The first-order chi connectivity index (χ1) is 23.8. The van der Waals surface area contributed by atoms with Crippen LogP contribution in [0.4, 0.5) is 4.39 Å². The van der Waals surface area contributed by atoms with Crippen LogP contribution in [0.2, 0.25) is 10.0 Å². The predicted molar refractivity (Wildman–Crippen MR) is 195 cm³/mol. The summed E-state index contributed by atoms with van der Waals surface area (Å²) in [5.74, 6) is 4.15. The van der Waals surface area contributed by atoms with Gasteiger partial charge in [-0.2, -0.15) is 0 Å². The molecule has 2 aliphatic carbocycles. The first kappa shape index (κ1) is 36.6. The second kappa shape index (κ2) is 16.4. The van der Waals surface area contributed by atoms with Crippen molar-refractivity contribution in [2.45, 2.75) is 126 Å². The van der Waals surface area contributed by atoms with Gasteiger partial charge in [-0.25, -0.2) is 4.39 Å². The Labute approximate surface area is 308 Å². The molecule has 8 rings (SSSR count). The van der Waals surface area contributed by atoms with Crippen LogP contribution in [0.5, 0.6) is 0 Å². The molecule has 0 unspecified atom stereocenters. The van der Waals surface area contributed by atoms with E-state index in [9.17, 15) is 9.50 Å². The Morgan fingerprint density at radius 2 is 1.00 bits per heavy atom. The van der Waals surface area contributed by atoms with E-state index in [0.29, 0.717) is 30.7 Å². The topological polar surface area (TPSA) is 81.7 Å². The van der Waals surface area contributed by atoms with E-state index in [1.54, 1.807) is 0 Å². The van der Waals surface area contributed by atoms with Crippen molar-refractivity contribution in [2.24, 2.45) is 0 Å². The van der Waals surface area contributed by atoms with Gasteiger partial charge in [-0.1, -0.05) is 73.2 Å². The third kappa shape index (κ3) is 7.84. The van der Waals surface area contributed by atoms with Crippen LogP contribution in [0.25, 0.3) is 0 Å². The molecule has 7 nitrogen and oxygen atoms in total. The quantitative estimate of drug-likeness (QED) is 0.210. The van der Waals surface area contributed by atoms with Gasteiger partial charge in [0.2, 0.25) is 0 Å². The molecule has 2 aliphatic heterocycles. The average Bonchev–Trinajstić information content (AvgIpc) is 3.62. The van der Waals surface area contributed by atoms with Crippen molar-refractivity contribution >= 4 is 46.4 Å². The largest absolute Gasteiger partial charge is 0.393 e. The molecular formula is C37H45Cl4FN6O. The standard InChI is InChI=1S/C18H21ClFN3.C18H22ClN3O.CH2Cl2/c19-14-8-6-13(7-9-14)18(11-15(20)12-18)17-22-21-16-5-3-1-2-4-10-23(16)17;19-14-8-6-13(7-9-14)18(11-15(23)12-18)17-21-20-16-5-3-1-2-4-10-22(16)17;2-1-3/h6-9,15H,1-5,10-12H2;6-9,15,23H,1-5,10-12H2;1H2. The Morgan fingerprint density at radius 3 is 1.39 bits per heavy atom. The third-order valence-corrected chi connectivity index (χ3v) is 11.2. The van der Waals surface area contributed by atoms with Crippen LogP contribution in [-0.2, 0) is 36.8 Å². The highest BCUT2D eigenvalue weighted by Crippen LogP contribution is 2.51. The molecule has 2 aromatic carbocycles. The minimum Gasteiger partial charge on any atom is -0.393 e. The molecular weight excluding hydrogens is 705 g/mol. The maximum absolute atomic E-state index is 13.9. The highest BCUT2D eigenvalue weighted by Gasteiger charge is 2.51. The van der Waals surface area contributed by atoms with Crippen LogP contribution in [0.1, 0.15) is 111 Å². The summed E-state index contributed by atoms with van der Waals surface area (Å²) in [6, 6.07) is 15.8. The van der Waals surface area contributed by atoms with Crippen LogP contribution in [0.3, 0.4) is 0 Å². The molecule has 49 heavy (non-hydrogen) atoms. The molecule has 2 aromatic heterocycles. The number of aromatic nitrogens is 6. The van der Waals surface area contributed by atoms with Gasteiger partial charge in [0.15, 0.2) is 0 Å². The number of rotatable bonds is 4. The lowest BCUT2D eigenvalue weighted by atomic mass is 9.62. The summed E-state index contributed by atoms with van der Waals surface area (Å²) in [5, 5.41) is 29.7. The van der Waals surface area contributed by atoms with Gasteiger partial charge >= 0.3 is 0 Å². The van der Waals surface area contributed by atoms with Crippen LogP contribution < -0.4 is 0 Å². The molecule has 0 amide bonds. The van der Waals surface area contributed by atoms with E-state index in [1.165, 1.54) is 44.1 Å². The van der Waals surface area contributed by atoms with Crippen molar-refractivity contribution in [1.29, 1.82) is 0 Å². The van der Waals surface area contributed by atoms with Gasteiger partial charge in [-0.05, 0) is 86.8 Å². The van der Waals surface area contributed by atoms with Crippen molar-refractivity contribution in [2.75, 3.05) is 5.34 Å². The lowest BCUT2D eigenvalue weighted by Gasteiger charge is -2.45. The van der Waals surface area contributed by atoms with Gasteiger partial charge in [0.25, 0.3) is 0 Å². The summed E-state index contributed by atoms with van der Waals surface area (Å²) in [5.41, 5.74) is 1.74. The highest BCUT2D eigenvalue weighted by molar-refractivity contribution is 6.40. The van der Waals surface area contributed by atoms with Gasteiger partial charge < -0.3 is 14.2 Å². The number of alkyl halides is 3. The molecule has 2 fully saturated rings. The number of halogens is 5. The Morgan fingerprint density at radius 1 is 0.612 bits per heavy atom. The summed E-state index contributed by atoms with van der Waals surface area (Å²) in [7, 11) is 0. The number of nitrogens with zero attached hydrogens (tertiary/aromatic N) is 6. The third-order valence-electron chi connectivity index (χ3n) is 10.7. The van der Waals surface area contributed by atoms with Gasteiger partial charge in [-0.15, -0.1) is 43.6 Å². The van der Waals surface area contributed by atoms with E-state index < -0.39 is 6.17 Å². The normalized spacial score (nSPS) is 26.3. The maximum atomic E-state index is 13.9. The van der Waals surface area contributed by atoms with E-state index in [0.717, 1.165) is 72.7 Å². The molecule has 0 saturated heterocycles. The summed E-state index contributed by atoms with van der Waals surface area (Å²) >= 11 is 21.6. The van der Waals surface area contributed by atoms with Crippen LogP contribution in [0.15, 0.2) is 48.5 Å². The molecule has 4 aliphatic rings. The Kier molecular flexibility index (Phi) is 12.2. The first-order valence-electron chi connectivity index (χ1n) is 17.6. The van der Waals surface area contributed by atoms with Crippen LogP contribution >= 0.6 is 46.4 Å². The van der Waals surface area contributed by atoms with Gasteiger partial charge in [-0.3, -0.25) is 0 Å². The Balaban J connectivity index is 0.000000158. The highest BCUT2D eigenvalue weighted by atomic mass is 35.5. The fourth-order valence-corrected chi connectivity index (χ4v) is 8.36. The number of aliphatic hydroxyl groups is 1. The maximum Gasteiger partial charge on any atom is 0.143 e. The SMILES string of the molecule is ClCCl.FC1CC(c2ccc(Cl)cc2)(c2nnc3n2CCCCCC3)C1.OC1CC(c2ccc(Cl)cc2)(c2nnc3n2CCCCCC3)C1. The van der Waals surface area contributed by atoms with E-state index in [1.807, 2.05) is 36.4 Å². The van der Waals surface area contributed by atoms with E-state index in [2.05, 4.69) is 41.7 Å². The molecule has 4 heterocycles. The van der Waals surface area contributed by atoms with E-state index in [-0.39, 0.29) is 22.3 Å². The zero-order valence-electron chi connectivity index (χ0n) is 27.8. The van der Waals surface area contributed by atoms with Crippen molar-refractivity contribution in [3.8, 4) is 0 Å². The number of aryl methyl sites for hydroxylation is 2. The molecule has 1 N–H and O–H groups in total. The number of aliphatic hydroxyl groups excluding tert-OH is 1. The number of hydrogen-bond acceptors (Lipinski definition) is 5. The average molecular weight is 751 g/mol. The van der Waals surface area contributed by atoms with Crippen molar-refractivity contribution in [1.82, 2.24) is 29.5 Å². The number of benzene rings is 2. The predicted octanol–water partition coefficient (Wildman–Crippen LogP) is 9.38. The smallest absolute Gasteiger partial charge is 0.143 e. The van der Waals surface area contributed by atoms with Crippen LogP contribution in [0, 0.1) is 0 Å². The fraction of sp³-hybridized carbons (Fsp3) is 0.568. The summed E-state index contributed by atoms with van der Waals surface area (Å²) in [4.78, 5) is 0. The summed E-state index contributed by atoms with van der Waals surface area (Å²) in [6.45, 7) is 1.94. The van der Waals surface area contributed by atoms with Crippen molar-refractivity contribution < 1.29 is 9.50 Å². The zero-order valence-corrected chi connectivity index (χ0v) is 30.8. The minimum absolute atomic E-state index is 0.194. The van der Waals surface area contributed by atoms with Crippen molar-refractivity contribution in [3.63, 3.8) is 0 Å². The molecule has 264 valence electrons. The second-order valence-electron chi connectivity index (χ2n) is 13.9. The molecule has 0 spiro atoms. The lowest BCUT2D eigenvalue weighted by molar-refractivity contribution is 0.0317. The van der Waals surface area contributed by atoms with Crippen molar-refractivity contribution in [3.05, 3.63) is 93.0 Å². The van der Waals surface area contributed by atoms with Gasteiger partial charge in [0.1, 0.15) is 29.5 Å². The zero-order chi connectivity index (χ0) is 34.4.